The van der Waals surface area contributed by atoms with Gasteiger partial charge in [0.15, 0.2) is 0 Å². The Balaban J connectivity index is 1.39. The number of likely N-dealkylation sites (tertiary alicyclic amines) is 2. The molecule has 5 heteroatoms. The van der Waals surface area contributed by atoms with E-state index in [-0.39, 0.29) is 0 Å². The van der Waals surface area contributed by atoms with Gasteiger partial charge in [-0.25, -0.2) is 0 Å². The third-order valence-corrected chi connectivity index (χ3v) is 7.77. The van der Waals surface area contributed by atoms with E-state index in [0.717, 1.165) is 49.5 Å². The van der Waals surface area contributed by atoms with E-state index in [2.05, 4.69) is 14.7 Å². The molecule has 1 N–H and O–H groups in total. The van der Waals surface area contributed by atoms with Crippen LogP contribution in [0.3, 0.4) is 0 Å². The first kappa shape index (κ1) is 22.9. The van der Waals surface area contributed by atoms with E-state index in [0.29, 0.717) is 5.75 Å². The lowest BCUT2D eigenvalue weighted by Crippen LogP contribution is -2.46. The second kappa shape index (κ2) is 11.5. The van der Waals surface area contributed by atoms with Gasteiger partial charge in [-0.2, -0.15) is 0 Å². The van der Waals surface area contributed by atoms with Crippen molar-refractivity contribution in [1.29, 1.82) is 0 Å². The number of hydrogen-bond acceptors (Lipinski definition) is 5. The number of nitrogens with zero attached hydrogens (tertiary/aromatic N) is 3. The Bertz CT molecular complexity index is 671. The molecule has 2 aliphatic heterocycles. The van der Waals surface area contributed by atoms with Crippen molar-refractivity contribution in [3.8, 4) is 11.5 Å². The molecule has 0 spiro atoms. The smallest absolute Gasteiger partial charge is 0.120 e. The summed E-state index contributed by atoms with van der Waals surface area (Å²) in [6.07, 6.45) is 12.4. The Morgan fingerprint density at radius 3 is 2.58 bits per heavy atom. The maximum Gasteiger partial charge on any atom is 0.120 e. The molecule has 3 aliphatic rings. The molecule has 0 aromatic heterocycles. The van der Waals surface area contributed by atoms with Crippen LogP contribution in [0.25, 0.3) is 0 Å². The average molecular weight is 430 g/mol. The Morgan fingerprint density at radius 2 is 1.81 bits per heavy atom. The molecule has 1 aromatic carbocycles. The molecule has 2 saturated heterocycles. The fraction of sp³-hybridized carbons (Fsp3) is 0.769. The van der Waals surface area contributed by atoms with E-state index in [4.69, 9.17) is 4.74 Å². The zero-order chi connectivity index (χ0) is 21.5. The number of aromatic hydroxyl groups is 1. The van der Waals surface area contributed by atoms with Gasteiger partial charge in [0.25, 0.3) is 0 Å². The van der Waals surface area contributed by atoms with Crippen LogP contribution in [0.5, 0.6) is 11.5 Å². The third kappa shape index (κ3) is 6.59. The van der Waals surface area contributed by atoms with Crippen molar-refractivity contribution in [2.24, 2.45) is 5.92 Å². The molecule has 4 rings (SSSR count). The van der Waals surface area contributed by atoms with Gasteiger partial charge in [-0.1, -0.05) is 19.3 Å². The number of piperidine rings is 2. The van der Waals surface area contributed by atoms with Gasteiger partial charge >= 0.3 is 0 Å². The monoisotopic (exact) mass is 429 g/mol. The summed E-state index contributed by atoms with van der Waals surface area (Å²) >= 11 is 0. The van der Waals surface area contributed by atoms with Crippen LogP contribution >= 0.6 is 0 Å². The molecular formula is C26H43N3O2. The molecule has 0 unspecified atom stereocenters. The zero-order valence-electron chi connectivity index (χ0n) is 19.6. The minimum Gasteiger partial charge on any atom is -0.508 e. The largest absolute Gasteiger partial charge is 0.508 e. The SMILES string of the molecule is COc1ccc(O)c(CN(CCN2CCCCC2)C[C@H]2CCCN(C3CCCC3)C2)c1. The zero-order valence-corrected chi connectivity index (χ0v) is 19.6. The Hall–Kier alpha value is -1.30. The second-order valence-electron chi connectivity index (χ2n) is 10.1. The van der Waals surface area contributed by atoms with Gasteiger partial charge in [-0.05, 0) is 82.3 Å². The lowest BCUT2D eigenvalue weighted by molar-refractivity contribution is 0.0909. The van der Waals surface area contributed by atoms with Crippen LogP contribution in [0.15, 0.2) is 18.2 Å². The van der Waals surface area contributed by atoms with Gasteiger partial charge in [0.2, 0.25) is 0 Å². The van der Waals surface area contributed by atoms with Crippen molar-refractivity contribution in [1.82, 2.24) is 14.7 Å². The summed E-state index contributed by atoms with van der Waals surface area (Å²) in [6.45, 7) is 9.21. The predicted octanol–water partition coefficient (Wildman–Crippen LogP) is 4.34. The second-order valence-corrected chi connectivity index (χ2v) is 10.1. The molecule has 1 aromatic rings. The molecule has 0 bridgehead atoms. The van der Waals surface area contributed by atoms with Gasteiger partial charge in [0.1, 0.15) is 11.5 Å². The minimum atomic E-state index is 0.389. The van der Waals surface area contributed by atoms with Gasteiger partial charge < -0.3 is 19.6 Å². The van der Waals surface area contributed by atoms with Crippen LogP contribution in [-0.4, -0.2) is 78.8 Å². The van der Waals surface area contributed by atoms with Crippen molar-refractivity contribution >= 4 is 0 Å². The molecule has 1 saturated carbocycles. The maximum atomic E-state index is 10.5. The quantitative estimate of drug-likeness (QED) is 0.632. The topological polar surface area (TPSA) is 39.2 Å². The van der Waals surface area contributed by atoms with E-state index in [1.54, 1.807) is 13.2 Å². The summed E-state index contributed by atoms with van der Waals surface area (Å²) in [5.41, 5.74) is 0.987. The normalized spacial score (nSPS) is 24.1. The molecule has 31 heavy (non-hydrogen) atoms. The standard InChI is InChI=1S/C26H43N3O2/c1-31-25-11-12-26(30)23(18-25)21-28(17-16-27-13-5-2-6-14-27)19-22-8-7-15-29(20-22)24-9-3-4-10-24/h11-12,18,22,24,30H,2-10,13-17,19-21H2,1H3/t22-/m1/s1. The molecule has 2 heterocycles. The fourth-order valence-corrected chi connectivity index (χ4v) is 5.97. The first-order valence-electron chi connectivity index (χ1n) is 12.8. The van der Waals surface area contributed by atoms with Crippen LogP contribution in [0, 0.1) is 5.92 Å². The maximum absolute atomic E-state index is 10.5. The molecule has 5 nitrogen and oxygen atoms in total. The molecule has 0 radical (unpaired) electrons. The molecule has 0 amide bonds. The van der Waals surface area contributed by atoms with Crippen molar-refractivity contribution in [2.45, 2.75) is 70.4 Å². The van der Waals surface area contributed by atoms with Crippen LogP contribution in [0.4, 0.5) is 0 Å². The van der Waals surface area contributed by atoms with E-state index >= 15 is 0 Å². The number of phenols is 1. The van der Waals surface area contributed by atoms with Crippen LogP contribution in [0.2, 0.25) is 0 Å². The van der Waals surface area contributed by atoms with Gasteiger partial charge in [0.05, 0.1) is 7.11 Å². The number of rotatable bonds is 9. The molecular weight excluding hydrogens is 386 g/mol. The average Bonchev–Trinajstić information content (AvgIpc) is 3.35. The lowest BCUT2D eigenvalue weighted by Gasteiger charge is -2.39. The summed E-state index contributed by atoms with van der Waals surface area (Å²) in [4.78, 5) is 8.03. The Labute approximate surface area is 189 Å². The molecule has 3 fully saturated rings. The van der Waals surface area contributed by atoms with Crippen LogP contribution in [-0.2, 0) is 6.54 Å². The minimum absolute atomic E-state index is 0.389. The third-order valence-electron chi connectivity index (χ3n) is 7.77. The fourth-order valence-electron chi connectivity index (χ4n) is 5.97. The highest BCUT2D eigenvalue weighted by molar-refractivity contribution is 5.39. The Morgan fingerprint density at radius 1 is 1.00 bits per heavy atom. The van der Waals surface area contributed by atoms with Crippen molar-refractivity contribution in [3.63, 3.8) is 0 Å². The van der Waals surface area contributed by atoms with E-state index in [9.17, 15) is 5.11 Å². The van der Waals surface area contributed by atoms with Crippen LogP contribution in [0.1, 0.15) is 63.4 Å². The molecule has 1 aliphatic carbocycles. The molecule has 1 atom stereocenters. The number of methoxy groups -OCH3 is 1. The highest BCUT2D eigenvalue weighted by Gasteiger charge is 2.29. The highest BCUT2D eigenvalue weighted by Crippen LogP contribution is 2.29. The summed E-state index contributed by atoms with van der Waals surface area (Å²) in [5, 5.41) is 10.5. The van der Waals surface area contributed by atoms with Crippen molar-refractivity contribution < 1.29 is 9.84 Å². The summed E-state index contributed by atoms with van der Waals surface area (Å²) in [7, 11) is 1.70. The first-order chi connectivity index (χ1) is 15.2. The van der Waals surface area contributed by atoms with Crippen molar-refractivity contribution in [3.05, 3.63) is 23.8 Å². The van der Waals surface area contributed by atoms with Gasteiger partial charge in [0, 0.05) is 44.3 Å². The van der Waals surface area contributed by atoms with E-state index < -0.39 is 0 Å². The summed E-state index contributed by atoms with van der Waals surface area (Å²) < 4.78 is 5.42. The number of benzene rings is 1. The lowest BCUT2D eigenvalue weighted by atomic mass is 9.95. The molecule has 174 valence electrons. The van der Waals surface area contributed by atoms with E-state index in [1.807, 2.05) is 12.1 Å². The number of phenolic OH excluding ortho intramolecular Hbond substituents is 1. The summed E-state index contributed by atoms with van der Waals surface area (Å²) in [6, 6.07) is 6.47. The van der Waals surface area contributed by atoms with Crippen molar-refractivity contribution in [2.75, 3.05) is 52.9 Å². The first-order valence-corrected chi connectivity index (χ1v) is 12.8. The number of hydrogen-bond donors (Lipinski definition) is 1. The Kier molecular flexibility index (Phi) is 8.51. The van der Waals surface area contributed by atoms with Crippen LogP contribution < -0.4 is 4.74 Å². The number of ether oxygens (including phenoxy) is 1. The van der Waals surface area contributed by atoms with E-state index in [1.165, 1.54) is 84.0 Å². The van der Waals surface area contributed by atoms with Gasteiger partial charge in [-0.3, -0.25) is 4.90 Å². The highest BCUT2D eigenvalue weighted by atomic mass is 16.5. The summed E-state index contributed by atoms with van der Waals surface area (Å²) in [5.74, 6) is 1.96. The van der Waals surface area contributed by atoms with Gasteiger partial charge in [-0.15, -0.1) is 0 Å². The predicted molar refractivity (Wildman–Crippen MR) is 127 cm³/mol.